The number of methoxy groups -OCH3 is 1. The summed E-state index contributed by atoms with van der Waals surface area (Å²) in [5.74, 6) is 1.90. The highest BCUT2D eigenvalue weighted by molar-refractivity contribution is 6.07. The summed E-state index contributed by atoms with van der Waals surface area (Å²) >= 11 is 0. The van der Waals surface area contributed by atoms with Crippen molar-refractivity contribution in [2.75, 3.05) is 13.9 Å². The first kappa shape index (κ1) is 14.4. The van der Waals surface area contributed by atoms with Crippen molar-refractivity contribution in [3.05, 3.63) is 60.2 Å². The van der Waals surface area contributed by atoms with E-state index in [4.69, 9.17) is 18.9 Å². The number of esters is 1. The Labute approximate surface area is 138 Å². The van der Waals surface area contributed by atoms with E-state index in [1.807, 2.05) is 24.3 Å². The molecule has 0 saturated heterocycles. The second-order valence-electron chi connectivity index (χ2n) is 5.27. The molecule has 0 radical (unpaired) electrons. The van der Waals surface area contributed by atoms with Gasteiger partial charge in [-0.2, -0.15) is 0 Å². The fraction of sp³-hybridized carbons (Fsp3) is 0.105. The lowest BCUT2D eigenvalue weighted by Gasteiger charge is -2.10. The van der Waals surface area contributed by atoms with Gasteiger partial charge in [-0.25, -0.2) is 4.79 Å². The van der Waals surface area contributed by atoms with Crippen molar-refractivity contribution in [1.82, 2.24) is 0 Å². The van der Waals surface area contributed by atoms with Crippen molar-refractivity contribution in [3.63, 3.8) is 0 Å². The smallest absolute Gasteiger partial charge is 0.344 e. The van der Waals surface area contributed by atoms with Crippen LogP contribution in [-0.4, -0.2) is 19.9 Å². The van der Waals surface area contributed by atoms with Gasteiger partial charge in [0, 0.05) is 11.5 Å². The van der Waals surface area contributed by atoms with E-state index < -0.39 is 5.97 Å². The Morgan fingerprint density at radius 2 is 1.75 bits per heavy atom. The molecule has 24 heavy (non-hydrogen) atoms. The average Bonchev–Trinajstić information content (AvgIpc) is 3.08. The van der Waals surface area contributed by atoms with Crippen LogP contribution in [0.3, 0.4) is 0 Å². The summed E-state index contributed by atoms with van der Waals surface area (Å²) < 4.78 is 21.4. The molecule has 0 amide bonds. The van der Waals surface area contributed by atoms with Gasteiger partial charge in [-0.1, -0.05) is 24.3 Å². The van der Waals surface area contributed by atoms with Crippen LogP contribution < -0.4 is 18.9 Å². The van der Waals surface area contributed by atoms with Crippen molar-refractivity contribution in [1.29, 1.82) is 0 Å². The highest BCUT2D eigenvalue weighted by Gasteiger charge is 2.18. The van der Waals surface area contributed by atoms with Crippen LogP contribution in [-0.2, 0) is 0 Å². The maximum Gasteiger partial charge on any atom is 0.344 e. The Morgan fingerprint density at radius 1 is 0.958 bits per heavy atom. The third-order valence-electron chi connectivity index (χ3n) is 3.88. The molecule has 1 aliphatic rings. The summed E-state index contributed by atoms with van der Waals surface area (Å²) in [4.78, 5) is 12.6. The predicted octanol–water partition coefficient (Wildman–Crippen LogP) is 3.80. The van der Waals surface area contributed by atoms with Crippen LogP contribution in [0.4, 0.5) is 0 Å². The first-order valence-electron chi connectivity index (χ1n) is 7.44. The molecule has 120 valence electrons. The summed E-state index contributed by atoms with van der Waals surface area (Å²) in [7, 11) is 1.60. The molecule has 0 saturated carbocycles. The third-order valence-corrected chi connectivity index (χ3v) is 3.88. The molecule has 1 aliphatic heterocycles. The first-order chi connectivity index (χ1) is 11.8. The lowest BCUT2D eigenvalue weighted by molar-refractivity contribution is 0.0736. The summed E-state index contributed by atoms with van der Waals surface area (Å²) in [5.41, 5.74) is 0.476. The molecule has 5 nitrogen and oxygen atoms in total. The van der Waals surface area contributed by atoms with Crippen molar-refractivity contribution in [2.45, 2.75) is 0 Å². The molecule has 1 heterocycles. The number of ether oxygens (including phenoxy) is 4. The molecular formula is C19H14O5. The van der Waals surface area contributed by atoms with Gasteiger partial charge in [0.15, 0.2) is 11.5 Å². The largest absolute Gasteiger partial charge is 0.496 e. The monoisotopic (exact) mass is 322 g/mol. The molecule has 3 aromatic carbocycles. The zero-order chi connectivity index (χ0) is 16.5. The van der Waals surface area contributed by atoms with Gasteiger partial charge in [-0.05, 0) is 29.7 Å². The second kappa shape index (κ2) is 5.77. The molecule has 0 aliphatic carbocycles. The predicted molar refractivity (Wildman–Crippen MR) is 88.0 cm³/mol. The third kappa shape index (κ3) is 2.40. The maximum atomic E-state index is 12.6. The number of carbonyl (C=O) groups is 1. The van der Waals surface area contributed by atoms with Crippen LogP contribution in [0, 0.1) is 0 Å². The lowest BCUT2D eigenvalue weighted by Crippen LogP contribution is -2.09. The molecule has 0 atom stereocenters. The van der Waals surface area contributed by atoms with Gasteiger partial charge in [-0.3, -0.25) is 0 Å². The number of hydrogen-bond acceptors (Lipinski definition) is 5. The molecule has 0 unspecified atom stereocenters. The van der Waals surface area contributed by atoms with E-state index in [0.717, 1.165) is 10.8 Å². The number of fused-ring (bicyclic) bond motifs is 2. The quantitative estimate of drug-likeness (QED) is 0.542. The van der Waals surface area contributed by atoms with Crippen molar-refractivity contribution < 1.29 is 23.7 Å². The molecule has 0 spiro atoms. The topological polar surface area (TPSA) is 54.0 Å². The van der Waals surface area contributed by atoms with Crippen molar-refractivity contribution in [3.8, 4) is 23.0 Å². The van der Waals surface area contributed by atoms with Crippen molar-refractivity contribution >= 4 is 16.7 Å². The van der Waals surface area contributed by atoms with E-state index in [9.17, 15) is 4.79 Å². The van der Waals surface area contributed by atoms with Crippen molar-refractivity contribution in [2.24, 2.45) is 0 Å². The molecular weight excluding hydrogens is 308 g/mol. The Balaban J connectivity index is 1.69. The van der Waals surface area contributed by atoms with Crippen LogP contribution in [0.15, 0.2) is 54.6 Å². The van der Waals surface area contributed by atoms with Crippen LogP contribution in [0.2, 0.25) is 0 Å². The van der Waals surface area contributed by atoms with Gasteiger partial charge in [0.1, 0.15) is 11.5 Å². The fourth-order valence-electron chi connectivity index (χ4n) is 2.73. The van der Waals surface area contributed by atoms with E-state index in [0.29, 0.717) is 28.6 Å². The second-order valence-corrected chi connectivity index (χ2v) is 5.27. The average molecular weight is 322 g/mol. The maximum absolute atomic E-state index is 12.6. The summed E-state index contributed by atoms with van der Waals surface area (Å²) in [6.45, 7) is 0.176. The number of benzene rings is 3. The standard InChI is InChI=1S/C19H14O5/c1-21-16-9-7-15(13-4-2-3-5-14(13)16)19(20)24-12-6-8-17-18(10-12)23-11-22-17/h2-10H,11H2,1H3. The van der Waals surface area contributed by atoms with Crippen LogP contribution in [0.25, 0.3) is 10.8 Å². The molecule has 0 fully saturated rings. The van der Waals surface area contributed by atoms with Gasteiger partial charge < -0.3 is 18.9 Å². The minimum atomic E-state index is -0.437. The van der Waals surface area contributed by atoms with E-state index in [1.165, 1.54) is 0 Å². The van der Waals surface area contributed by atoms with E-state index in [2.05, 4.69) is 0 Å². The highest BCUT2D eigenvalue weighted by atomic mass is 16.7. The minimum Gasteiger partial charge on any atom is -0.496 e. The SMILES string of the molecule is COc1ccc(C(=O)Oc2ccc3c(c2)OCO3)c2ccccc12. The number of carbonyl (C=O) groups excluding carboxylic acids is 1. The van der Waals surface area contributed by atoms with Gasteiger partial charge in [0.2, 0.25) is 6.79 Å². The molecule has 4 rings (SSSR count). The van der Waals surface area contributed by atoms with E-state index >= 15 is 0 Å². The van der Waals surface area contributed by atoms with Gasteiger partial charge in [0.25, 0.3) is 0 Å². The first-order valence-corrected chi connectivity index (χ1v) is 7.44. The molecule has 5 heteroatoms. The zero-order valence-electron chi connectivity index (χ0n) is 12.9. The van der Waals surface area contributed by atoms with Crippen LogP contribution in [0.5, 0.6) is 23.0 Å². The van der Waals surface area contributed by atoms with Crippen LogP contribution in [0.1, 0.15) is 10.4 Å². The number of rotatable bonds is 3. The van der Waals surface area contributed by atoms with E-state index in [-0.39, 0.29) is 6.79 Å². The molecule has 0 N–H and O–H groups in total. The zero-order valence-corrected chi connectivity index (χ0v) is 12.9. The molecule has 0 bridgehead atoms. The van der Waals surface area contributed by atoms with Gasteiger partial charge in [0.05, 0.1) is 12.7 Å². The van der Waals surface area contributed by atoms with Crippen LogP contribution >= 0.6 is 0 Å². The highest BCUT2D eigenvalue weighted by Crippen LogP contribution is 2.35. The summed E-state index contributed by atoms with van der Waals surface area (Å²) in [5, 5.41) is 1.64. The summed E-state index contributed by atoms with van der Waals surface area (Å²) in [6, 6.07) is 16.1. The Kier molecular flexibility index (Phi) is 3.46. The molecule has 0 aromatic heterocycles. The van der Waals surface area contributed by atoms with Gasteiger partial charge in [-0.15, -0.1) is 0 Å². The lowest BCUT2D eigenvalue weighted by atomic mass is 10.0. The fourth-order valence-corrected chi connectivity index (χ4v) is 2.73. The summed E-state index contributed by atoms with van der Waals surface area (Å²) in [6.07, 6.45) is 0. The Bertz CT molecular complexity index is 932. The van der Waals surface area contributed by atoms with Gasteiger partial charge >= 0.3 is 5.97 Å². The number of hydrogen-bond donors (Lipinski definition) is 0. The normalized spacial score (nSPS) is 12.2. The molecule has 3 aromatic rings. The Morgan fingerprint density at radius 3 is 2.58 bits per heavy atom. The minimum absolute atomic E-state index is 0.176. The Hall–Kier alpha value is -3.21. The van der Waals surface area contributed by atoms with E-state index in [1.54, 1.807) is 37.4 Å².